The van der Waals surface area contributed by atoms with Gasteiger partial charge in [0.1, 0.15) is 23.3 Å². The van der Waals surface area contributed by atoms with Crippen LogP contribution in [0.15, 0.2) is 53.6 Å². The maximum Gasteiger partial charge on any atom is 0.257 e. The molecule has 11 heteroatoms. The van der Waals surface area contributed by atoms with Crippen LogP contribution in [0.2, 0.25) is 10.0 Å². The summed E-state index contributed by atoms with van der Waals surface area (Å²) in [6.45, 7) is 0.834. The molecule has 5 rings (SSSR count). The monoisotopic (exact) mass is 543 g/mol. The van der Waals surface area contributed by atoms with Gasteiger partial charge < -0.3 is 10.2 Å². The third-order valence-corrected chi connectivity index (χ3v) is 9.19. The molecule has 0 bridgehead atoms. The van der Waals surface area contributed by atoms with Crippen molar-refractivity contribution in [2.75, 3.05) is 18.0 Å². The molecule has 1 N–H and O–H groups in total. The minimum atomic E-state index is -1.43. The summed E-state index contributed by atoms with van der Waals surface area (Å²) in [5.74, 6) is -0.489. The maximum atomic E-state index is 13.4. The number of nitrogens with one attached hydrogen (secondary N) is 1. The number of amides is 1. The molecule has 2 aromatic carbocycles. The van der Waals surface area contributed by atoms with Crippen LogP contribution in [0.1, 0.15) is 41.0 Å². The summed E-state index contributed by atoms with van der Waals surface area (Å²) in [5, 5.41) is 12.7. The van der Waals surface area contributed by atoms with Gasteiger partial charge in [-0.15, -0.1) is 0 Å². The van der Waals surface area contributed by atoms with E-state index in [1.807, 2.05) is 11.0 Å². The van der Waals surface area contributed by atoms with Crippen LogP contribution < -0.4 is 10.2 Å². The summed E-state index contributed by atoms with van der Waals surface area (Å²) < 4.78 is 26.7. The molecule has 2 fully saturated rings. The van der Waals surface area contributed by atoms with E-state index in [1.54, 1.807) is 30.3 Å². The van der Waals surface area contributed by atoms with Gasteiger partial charge in [-0.25, -0.2) is 14.4 Å². The highest BCUT2D eigenvalue weighted by molar-refractivity contribution is 7.85. The third-order valence-electron chi connectivity index (χ3n) is 6.49. The third kappa shape index (κ3) is 4.69. The van der Waals surface area contributed by atoms with Gasteiger partial charge in [0.2, 0.25) is 5.82 Å². The number of hydrogen-bond acceptors (Lipinski definition) is 6. The predicted octanol–water partition coefficient (Wildman–Crippen LogP) is 4.60. The maximum absolute atomic E-state index is 13.4. The van der Waals surface area contributed by atoms with E-state index in [0.717, 1.165) is 18.4 Å². The Hall–Kier alpha value is -3.06. The molecular weight excluding hydrogens is 524 g/mol. The molecule has 2 heterocycles. The van der Waals surface area contributed by atoms with Crippen molar-refractivity contribution in [2.45, 2.75) is 34.9 Å². The first-order chi connectivity index (χ1) is 17.3. The van der Waals surface area contributed by atoms with E-state index in [0.29, 0.717) is 35.2 Å². The van der Waals surface area contributed by atoms with Crippen molar-refractivity contribution in [1.29, 1.82) is 5.26 Å². The van der Waals surface area contributed by atoms with Crippen molar-refractivity contribution in [3.63, 3.8) is 0 Å². The molecule has 2 atom stereocenters. The van der Waals surface area contributed by atoms with Crippen LogP contribution in [-0.4, -0.2) is 38.4 Å². The second-order valence-corrected chi connectivity index (χ2v) is 11.3. The Kier molecular flexibility index (Phi) is 6.68. The molecule has 7 nitrogen and oxygen atoms in total. The normalized spacial score (nSPS) is 18.9. The Morgan fingerprint density at radius 3 is 2.67 bits per heavy atom. The van der Waals surface area contributed by atoms with Gasteiger partial charge in [-0.2, -0.15) is 5.26 Å². The number of anilines is 1. The van der Waals surface area contributed by atoms with Crippen molar-refractivity contribution >= 4 is 45.7 Å². The van der Waals surface area contributed by atoms with E-state index in [9.17, 15) is 18.7 Å². The van der Waals surface area contributed by atoms with E-state index >= 15 is 0 Å². The molecule has 1 saturated carbocycles. The Morgan fingerprint density at radius 1 is 1.22 bits per heavy atom. The van der Waals surface area contributed by atoms with Gasteiger partial charge in [-0.3, -0.25) is 9.00 Å². The van der Waals surface area contributed by atoms with E-state index in [4.69, 9.17) is 23.2 Å². The number of rotatable bonds is 6. The van der Waals surface area contributed by atoms with Gasteiger partial charge in [0, 0.05) is 19.3 Å². The summed E-state index contributed by atoms with van der Waals surface area (Å²) in [6.07, 6.45) is 3.36. The van der Waals surface area contributed by atoms with Crippen molar-refractivity contribution in [1.82, 2.24) is 15.3 Å². The summed E-state index contributed by atoms with van der Waals surface area (Å²) >= 11 is 12.4. The Balaban J connectivity index is 1.39. The second kappa shape index (κ2) is 9.77. The summed E-state index contributed by atoms with van der Waals surface area (Å²) in [7, 11) is -1.43. The minimum absolute atomic E-state index is 0.0660. The van der Waals surface area contributed by atoms with Crippen LogP contribution in [0.3, 0.4) is 0 Å². The number of halogens is 3. The van der Waals surface area contributed by atoms with E-state index in [1.165, 1.54) is 18.3 Å². The first kappa shape index (κ1) is 24.6. The zero-order valence-electron chi connectivity index (χ0n) is 18.9. The molecule has 1 aliphatic heterocycles. The number of aromatic nitrogens is 2. The zero-order chi connectivity index (χ0) is 25.4. The standard InChI is InChI=1S/C25H20Cl2FN5O2S/c26-19-2-1-3-20(22(19)27)36(35)17-8-11-33(14-17)23-18(13-30-21(12-29)31-23)24(34)32-25(9-10-25)15-4-6-16(28)7-5-15/h1-7,13,17H,8-11,14H2,(H,32,34). The quantitative estimate of drug-likeness (QED) is 0.487. The first-order valence-corrected chi connectivity index (χ1v) is 13.2. The second-order valence-electron chi connectivity index (χ2n) is 8.79. The van der Waals surface area contributed by atoms with E-state index in [2.05, 4.69) is 15.3 Å². The number of benzene rings is 2. The molecule has 184 valence electrons. The zero-order valence-corrected chi connectivity index (χ0v) is 21.2. The van der Waals surface area contributed by atoms with Gasteiger partial charge >= 0.3 is 0 Å². The average molecular weight is 544 g/mol. The van der Waals surface area contributed by atoms with Crippen LogP contribution >= 0.6 is 23.2 Å². The number of hydrogen-bond donors (Lipinski definition) is 1. The lowest BCUT2D eigenvalue weighted by molar-refractivity contribution is 0.0930. The fourth-order valence-electron chi connectivity index (χ4n) is 4.41. The number of carbonyl (C=O) groups excluding carboxylic acids is 1. The van der Waals surface area contributed by atoms with Gasteiger partial charge in [0.15, 0.2) is 0 Å². The Bertz CT molecular complexity index is 1410. The van der Waals surface area contributed by atoms with Crippen molar-refractivity contribution < 1.29 is 13.4 Å². The summed E-state index contributed by atoms with van der Waals surface area (Å²) in [6, 6.07) is 13.0. The van der Waals surface area contributed by atoms with Gasteiger partial charge in [0.05, 0.1) is 36.5 Å². The average Bonchev–Trinajstić information content (AvgIpc) is 3.49. The molecule has 0 radical (unpaired) electrons. The minimum Gasteiger partial charge on any atom is -0.355 e. The molecule has 1 aromatic heterocycles. The van der Waals surface area contributed by atoms with Gasteiger partial charge in [-0.05, 0) is 49.1 Å². The summed E-state index contributed by atoms with van der Waals surface area (Å²) in [5.41, 5.74) is 0.465. The largest absolute Gasteiger partial charge is 0.355 e. The van der Waals surface area contributed by atoms with Crippen LogP contribution in [0.5, 0.6) is 0 Å². The van der Waals surface area contributed by atoms with Crippen molar-refractivity contribution in [3.8, 4) is 6.07 Å². The van der Waals surface area contributed by atoms with Crippen molar-refractivity contribution in [2.24, 2.45) is 0 Å². The first-order valence-electron chi connectivity index (χ1n) is 11.3. The topological polar surface area (TPSA) is 99.0 Å². The number of nitrogens with zero attached hydrogens (tertiary/aromatic N) is 4. The smallest absolute Gasteiger partial charge is 0.257 e. The molecule has 1 amide bonds. The van der Waals surface area contributed by atoms with Crippen LogP contribution in [0, 0.1) is 17.1 Å². The lowest BCUT2D eigenvalue weighted by Crippen LogP contribution is -2.36. The highest BCUT2D eigenvalue weighted by atomic mass is 35.5. The van der Waals surface area contributed by atoms with E-state index < -0.39 is 22.2 Å². The predicted molar refractivity (Wildman–Crippen MR) is 135 cm³/mol. The van der Waals surface area contributed by atoms with Crippen molar-refractivity contribution in [3.05, 3.63) is 81.5 Å². The van der Waals surface area contributed by atoms with Gasteiger partial charge in [0.25, 0.3) is 5.91 Å². The molecule has 1 saturated heterocycles. The summed E-state index contributed by atoms with van der Waals surface area (Å²) in [4.78, 5) is 24.0. The molecule has 3 aromatic rings. The fourth-order valence-corrected chi connectivity index (χ4v) is 6.48. The molecule has 1 aliphatic carbocycles. The van der Waals surface area contributed by atoms with Crippen LogP contribution in [0.4, 0.5) is 10.2 Å². The van der Waals surface area contributed by atoms with Crippen LogP contribution in [0.25, 0.3) is 0 Å². The molecule has 36 heavy (non-hydrogen) atoms. The SMILES string of the molecule is N#Cc1ncc(C(=O)NC2(c3ccc(F)cc3)CC2)c(N2CCC(S(=O)c3cccc(Cl)c3Cl)C2)n1. The van der Waals surface area contributed by atoms with Gasteiger partial charge in [-0.1, -0.05) is 41.4 Å². The highest BCUT2D eigenvalue weighted by Gasteiger charge is 2.46. The lowest BCUT2D eigenvalue weighted by atomic mass is 10.0. The molecular formula is C25H20Cl2FN5O2S. The van der Waals surface area contributed by atoms with E-state index in [-0.39, 0.29) is 27.5 Å². The number of carbonyl (C=O) groups is 1. The fraction of sp³-hybridized carbons (Fsp3) is 0.280. The lowest BCUT2D eigenvalue weighted by Gasteiger charge is -2.23. The Labute approximate surface area is 219 Å². The number of nitriles is 1. The molecule has 2 aliphatic rings. The molecule has 0 spiro atoms. The Morgan fingerprint density at radius 2 is 1.97 bits per heavy atom. The molecule has 2 unspecified atom stereocenters. The highest BCUT2D eigenvalue weighted by Crippen LogP contribution is 2.46. The van der Waals surface area contributed by atoms with Crippen LogP contribution in [-0.2, 0) is 16.3 Å².